The van der Waals surface area contributed by atoms with E-state index in [9.17, 15) is 5.11 Å². The van der Waals surface area contributed by atoms with E-state index in [4.69, 9.17) is 4.74 Å². The summed E-state index contributed by atoms with van der Waals surface area (Å²) in [4.78, 5) is 0. The Hall–Kier alpha value is -1.36. The molecule has 2 rings (SSSR count). The summed E-state index contributed by atoms with van der Waals surface area (Å²) in [5.41, 5.74) is 2.13. The van der Waals surface area contributed by atoms with Crippen LogP contribution in [0.15, 0.2) is 53.0 Å². The van der Waals surface area contributed by atoms with Crippen LogP contribution in [0.25, 0.3) is 0 Å². The Morgan fingerprint density at radius 3 is 2.60 bits per heavy atom. The molecular weight excluding hydrogens is 318 g/mol. The predicted octanol–water partition coefficient (Wildman–Crippen LogP) is 3.28. The maximum Gasteiger partial charge on any atom is 0.123 e. The van der Waals surface area contributed by atoms with Crippen molar-refractivity contribution in [1.82, 2.24) is 5.32 Å². The summed E-state index contributed by atoms with van der Waals surface area (Å²) >= 11 is 3.45. The Balaban J connectivity index is 2.14. The van der Waals surface area contributed by atoms with Crippen molar-refractivity contribution in [3.05, 3.63) is 64.1 Å². The fourth-order valence-electron chi connectivity index (χ4n) is 2.09. The number of hydrogen-bond acceptors (Lipinski definition) is 3. The molecule has 4 heteroatoms. The minimum Gasteiger partial charge on any atom is -0.496 e. The molecule has 0 saturated heterocycles. The molecule has 20 heavy (non-hydrogen) atoms. The Kier molecular flexibility index (Phi) is 5.59. The van der Waals surface area contributed by atoms with Crippen LogP contribution in [0.5, 0.6) is 5.75 Å². The molecule has 106 valence electrons. The molecule has 2 aromatic rings. The van der Waals surface area contributed by atoms with Gasteiger partial charge in [-0.2, -0.15) is 0 Å². The highest BCUT2D eigenvalue weighted by Crippen LogP contribution is 2.28. The third-order valence-electron chi connectivity index (χ3n) is 3.15. The zero-order valence-electron chi connectivity index (χ0n) is 11.3. The average Bonchev–Trinajstić information content (AvgIpc) is 2.49. The van der Waals surface area contributed by atoms with Crippen molar-refractivity contribution in [1.29, 1.82) is 0 Å². The highest BCUT2D eigenvalue weighted by molar-refractivity contribution is 9.10. The van der Waals surface area contributed by atoms with Crippen molar-refractivity contribution in [2.45, 2.75) is 12.6 Å². The third-order valence-corrected chi connectivity index (χ3v) is 3.64. The van der Waals surface area contributed by atoms with Gasteiger partial charge < -0.3 is 15.2 Å². The maximum atomic E-state index is 9.63. The molecule has 0 aliphatic carbocycles. The van der Waals surface area contributed by atoms with Gasteiger partial charge in [-0.15, -0.1) is 0 Å². The molecule has 2 N–H and O–H groups in total. The number of nitrogens with one attached hydrogen (secondary N) is 1. The fourth-order valence-corrected chi connectivity index (χ4v) is 2.47. The first-order valence-electron chi connectivity index (χ1n) is 6.46. The Labute approximate surface area is 127 Å². The van der Waals surface area contributed by atoms with Crippen LogP contribution >= 0.6 is 15.9 Å². The maximum absolute atomic E-state index is 9.63. The van der Waals surface area contributed by atoms with Crippen LogP contribution in [0.4, 0.5) is 0 Å². The number of halogens is 1. The quantitative estimate of drug-likeness (QED) is 0.851. The van der Waals surface area contributed by atoms with Crippen molar-refractivity contribution in [2.75, 3.05) is 13.7 Å². The van der Waals surface area contributed by atoms with Crippen molar-refractivity contribution < 1.29 is 9.84 Å². The molecule has 0 bridgehead atoms. The van der Waals surface area contributed by atoms with E-state index in [0.29, 0.717) is 6.54 Å². The zero-order chi connectivity index (χ0) is 14.4. The molecule has 0 fully saturated rings. The monoisotopic (exact) mass is 335 g/mol. The topological polar surface area (TPSA) is 41.5 Å². The van der Waals surface area contributed by atoms with Crippen molar-refractivity contribution in [3.8, 4) is 5.75 Å². The standard InChI is InChI=1S/C16H18BrNO2/c1-20-16-8-7-13(17)9-14(16)15(11-19)18-10-12-5-3-2-4-6-12/h2-9,15,18-19H,10-11H2,1H3/t15-/m1/s1. The Morgan fingerprint density at radius 2 is 1.95 bits per heavy atom. The number of methoxy groups -OCH3 is 1. The van der Waals surface area contributed by atoms with Gasteiger partial charge >= 0.3 is 0 Å². The van der Waals surface area contributed by atoms with E-state index in [1.807, 2.05) is 36.4 Å². The summed E-state index contributed by atoms with van der Waals surface area (Å²) in [6, 6.07) is 15.7. The first-order valence-corrected chi connectivity index (χ1v) is 7.25. The van der Waals surface area contributed by atoms with Crippen LogP contribution < -0.4 is 10.1 Å². The molecule has 2 aromatic carbocycles. The van der Waals surface area contributed by atoms with Crippen molar-refractivity contribution in [3.63, 3.8) is 0 Å². The summed E-state index contributed by atoms with van der Waals surface area (Å²) in [6.45, 7) is 0.710. The van der Waals surface area contributed by atoms with Gasteiger partial charge in [0.25, 0.3) is 0 Å². The number of rotatable bonds is 6. The second-order valence-corrected chi connectivity index (χ2v) is 5.40. The molecule has 0 spiro atoms. The lowest BCUT2D eigenvalue weighted by molar-refractivity contribution is 0.240. The van der Waals surface area contributed by atoms with Gasteiger partial charge in [-0.1, -0.05) is 46.3 Å². The summed E-state index contributed by atoms with van der Waals surface area (Å²) in [7, 11) is 1.64. The van der Waals surface area contributed by atoms with Gasteiger partial charge in [0.1, 0.15) is 5.75 Å². The van der Waals surface area contributed by atoms with E-state index in [-0.39, 0.29) is 12.6 Å². The SMILES string of the molecule is COc1ccc(Br)cc1[C@@H](CO)NCc1ccccc1. The molecule has 3 nitrogen and oxygen atoms in total. The zero-order valence-corrected chi connectivity index (χ0v) is 12.9. The van der Waals surface area contributed by atoms with Crippen molar-refractivity contribution >= 4 is 15.9 Å². The summed E-state index contributed by atoms with van der Waals surface area (Å²) in [5, 5.41) is 13.0. The van der Waals surface area contributed by atoms with Gasteiger partial charge in [0.2, 0.25) is 0 Å². The van der Waals surface area contributed by atoms with Gasteiger partial charge in [-0.3, -0.25) is 0 Å². The summed E-state index contributed by atoms with van der Waals surface area (Å²) in [6.07, 6.45) is 0. The van der Waals surface area contributed by atoms with Crippen molar-refractivity contribution in [2.24, 2.45) is 0 Å². The summed E-state index contributed by atoms with van der Waals surface area (Å²) < 4.78 is 6.33. The second kappa shape index (κ2) is 7.43. The lowest BCUT2D eigenvalue weighted by Gasteiger charge is -2.19. The summed E-state index contributed by atoms with van der Waals surface area (Å²) in [5.74, 6) is 0.771. The van der Waals surface area contributed by atoms with Crippen LogP contribution in [-0.4, -0.2) is 18.8 Å². The Bertz CT molecular complexity index is 545. The smallest absolute Gasteiger partial charge is 0.123 e. The minimum atomic E-state index is -0.164. The molecule has 0 aliphatic heterocycles. The lowest BCUT2D eigenvalue weighted by atomic mass is 10.1. The first-order chi connectivity index (χ1) is 9.74. The molecule has 0 unspecified atom stereocenters. The van der Waals surface area contributed by atoms with Crippen LogP contribution in [0.3, 0.4) is 0 Å². The lowest BCUT2D eigenvalue weighted by Crippen LogP contribution is -2.24. The molecule has 0 aromatic heterocycles. The number of hydrogen-bond donors (Lipinski definition) is 2. The van der Waals surface area contributed by atoms with Gasteiger partial charge in [-0.05, 0) is 23.8 Å². The first kappa shape index (κ1) is 15.0. The molecule has 0 heterocycles. The van der Waals surface area contributed by atoms with E-state index in [1.54, 1.807) is 7.11 Å². The van der Waals surface area contributed by atoms with Crippen LogP contribution in [0.1, 0.15) is 17.2 Å². The number of benzene rings is 2. The largest absolute Gasteiger partial charge is 0.496 e. The normalized spacial score (nSPS) is 12.2. The predicted molar refractivity (Wildman–Crippen MR) is 83.8 cm³/mol. The van der Waals surface area contributed by atoms with E-state index < -0.39 is 0 Å². The van der Waals surface area contributed by atoms with E-state index in [2.05, 4.69) is 33.4 Å². The molecule has 0 saturated carbocycles. The molecule has 0 amide bonds. The second-order valence-electron chi connectivity index (χ2n) is 4.49. The third kappa shape index (κ3) is 3.82. The van der Waals surface area contributed by atoms with Gasteiger partial charge in [-0.25, -0.2) is 0 Å². The minimum absolute atomic E-state index is 0.0135. The van der Waals surface area contributed by atoms with Gasteiger partial charge in [0.05, 0.1) is 19.8 Å². The van der Waals surface area contributed by atoms with E-state index in [0.717, 1.165) is 15.8 Å². The number of aliphatic hydroxyl groups is 1. The van der Waals surface area contributed by atoms with Crippen LogP contribution in [-0.2, 0) is 6.54 Å². The Morgan fingerprint density at radius 1 is 1.20 bits per heavy atom. The highest BCUT2D eigenvalue weighted by Gasteiger charge is 2.15. The average molecular weight is 336 g/mol. The number of aliphatic hydroxyl groups excluding tert-OH is 1. The van der Waals surface area contributed by atoms with Crippen LogP contribution in [0, 0.1) is 0 Å². The highest BCUT2D eigenvalue weighted by atomic mass is 79.9. The van der Waals surface area contributed by atoms with E-state index in [1.165, 1.54) is 5.56 Å². The molecule has 0 radical (unpaired) electrons. The van der Waals surface area contributed by atoms with Crippen LogP contribution in [0.2, 0.25) is 0 Å². The van der Waals surface area contributed by atoms with Gasteiger partial charge in [0, 0.05) is 16.6 Å². The molecular formula is C16H18BrNO2. The number of ether oxygens (including phenoxy) is 1. The van der Waals surface area contributed by atoms with Gasteiger partial charge in [0.15, 0.2) is 0 Å². The van der Waals surface area contributed by atoms with E-state index >= 15 is 0 Å². The molecule has 0 aliphatic rings. The molecule has 1 atom stereocenters. The fraction of sp³-hybridized carbons (Fsp3) is 0.250.